The van der Waals surface area contributed by atoms with E-state index in [-0.39, 0.29) is 0 Å². The van der Waals surface area contributed by atoms with E-state index in [0.29, 0.717) is 5.41 Å². The summed E-state index contributed by atoms with van der Waals surface area (Å²) in [6.07, 6.45) is 5.56. The summed E-state index contributed by atoms with van der Waals surface area (Å²) in [6, 6.07) is 8.85. The molecule has 70 valence electrons. The molecule has 0 nitrogen and oxygen atoms in total. The second-order valence-electron chi connectivity index (χ2n) is 4.58. The third-order valence-corrected chi connectivity index (χ3v) is 3.50. The van der Waals surface area contributed by atoms with E-state index < -0.39 is 0 Å². The minimum absolute atomic E-state index is 0.478. The lowest BCUT2D eigenvalue weighted by molar-refractivity contribution is 0.488. The predicted molar refractivity (Wildman–Crippen MR) is 57.0 cm³/mol. The molecule has 0 aromatic heterocycles. The maximum atomic E-state index is 2.42. The molecular weight excluding hydrogens is 156 g/mol. The van der Waals surface area contributed by atoms with Crippen LogP contribution in [-0.2, 0) is 5.41 Å². The lowest BCUT2D eigenvalue weighted by Crippen LogP contribution is -2.17. The molecule has 1 fully saturated rings. The van der Waals surface area contributed by atoms with Gasteiger partial charge in [0, 0.05) is 0 Å². The monoisotopic (exact) mass is 174 g/mol. The molecule has 1 saturated carbocycles. The third-order valence-electron chi connectivity index (χ3n) is 3.50. The second-order valence-corrected chi connectivity index (χ2v) is 4.58. The molecule has 0 radical (unpaired) electrons. The van der Waals surface area contributed by atoms with Crippen LogP contribution in [0.5, 0.6) is 0 Å². The van der Waals surface area contributed by atoms with Gasteiger partial charge in [0.2, 0.25) is 0 Å². The van der Waals surface area contributed by atoms with E-state index in [9.17, 15) is 0 Å². The minimum Gasteiger partial charge on any atom is -0.0620 e. The highest BCUT2D eigenvalue weighted by molar-refractivity contribution is 5.33. The summed E-state index contributed by atoms with van der Waals surface area (Å²) in [6.45, 7) is 4.65. The van der Waals surface area contributed by atoms with Gasteiger partial charge in [-0.2, -0.15) is 0 Å². The Bertz CT molecular complexity index is 293. The van der Waals surface area contributed by atoms with Gasteiger partial charge in [-0.25, -0.2) is 0 Å². The number of rotatable bonds is 1. The molecule has 0 N–H and O–H groups in total. The standard InChI is InChI=1S/C13H18/c1-11-7-3-4-8-12(11)13(2)9-5-6-10-13/h3-4,7-8H,5-6,9-10H2,1-2H3. The van der Waals surface area contributed by atoms with E-state index in [1.54, 1.807) is 5.56 Å². The number of hydrogen-bond acceptors (Lipinski definition) is 0. The lowest BCUT2D eigenvalue weighted by Gasteiger charge is -2.26. The van der Waals surface area contributed by atoms with Crippen LogP contribution < -0.4 is 0 Å². The van der Waals surface area contributed by atoms with Gasteiger partial charge in [0.05, 0.1) is 0 Å². The van der Waals surface area contributed by atoms with Crippen molar-refractivity contribution < 1.29 is 0 Å². The van der Waals surface area contributed by atoms with E-state index in [1.807, 2.05) is 0 Å². The van der Waals surface area contributed by atoms with Crippen molar-refractivity contribution in [1.82, 2.24) is 0 Å². The van der Waals surface area contributed by atoms with Crippen LogP contribution in [0.1, 0.15) is 43.7 Å². The average Bonchev–Trinajstić information content (AvgIpc) is 2.54. The van der Waals surface area contributed by atoms with Gasteiger partial charge in [-0.05, 0) is 36.3 Å². The van der Waals surface area contributed by atoms with Crippen molar-refractivity contribution in [2.24, 2.45) is 0 Å². The van der Waals surface area contributed by atoms with Crippen LogP contribution >= 0.6 is 0 Å². The normalized spacial score (nSPS) is 20.5. The van der Waals surface area contributed by atoms with Crippen molar-refractivity contribution >= 4 is 0 Å². The third kappa shape index (κ3) is 1.50. The fraction of sp³-hybridized carbons (Fsp3) is 0.538. The Morgan fingerprint density at radius 1 is 1.08 bits per heavy atom. The maximum Gasteiger partial charge on any atom is -0.00726 e. The molecule has 1 aromatic carbocycles. The van der Waals surface area contributed by atoms with Crippen molar-refractivity contribution in [1.29, 1.82) is 0 Å². The maximum absolute atomic E-state index is 2.42. The quantitative estimate of drug-likeness (QED) is 0.607. The molecule has 13 heavy (non-hydrogen) atoms. The first-order valence-electron chi connectivity index (χ1n) is 5.28. The molecule has 1 aliphatic rings. The Hall–Kier alpha value is -0.780. The molecular formula is C13H18. The Balaban J connectivity index is 2.39. The van der Waals surface area contributed by atoms with Gasteiger partial charge in [-0.15, -0.1) is 0 Å². The van der Waals surface area contributed by atoms with Crippen LogP contribution in [0, 0.1) is 6.92 Å². The molecule has 1 aliphatic carbocycles. The van der Waals surface area contributed by atoms with Crippen LogP contribution in [0.25, 0.3) is 0 Å². The first kappa shape index (κ1) is 8.80. The summed E-state index contributed by atoms with van der Waals surface area (Å²) >= 11 is 0. The fourth-order valence-electron chi connectivity index (χ4n) is 2.67. The molecule has 0 atom stereocenters. The summed E-state index contributed by atoms with van der Waals surface area (Å²) in [5, 5.41) is 0. The van der Waals surface area contributed by atoms with Gasteiger partial charge in [0.15, 0.2) is 0 Å². The summed E-state index contributed by atoms with van der Waals surface area (Å²) in [4.78, 5) is 0. The Kier molecular flexibility index (Phi) is 2.15. The van der Waals surface area contributed by atoms with Crippen molar-refractivity contribution in [3.05, 3.63) is 35.4 Å². The zero-order valence-electron chi connectivity index (χ0n) is 8.64. The molecule has 0 aliphatic heterocycles. The van der Waals surface area contributed by atoms with Gasteiger partial charge < -0.3 is 0 Å². The molecule has 0 bridgehead atoms. The smallest absolute Gasteiger partial charge is 0.00726 e. The van der Waals surface area contributed by atoms with Crippen molar-refractivity contribution in [3.63, 3.8) is 0 Å². The fourth-order valence-corrected chi connectivity index (χ4v) is 2.67. The molecule has 0 amide bonds. The van der Waals surface area contributed by atoms with E-state index in [0.717, 1.165) is 0 Å². The topological polar surface area (TPSA) is 0 Å². The molecule has 0 saturated heterocycles. The van der Waals surface area contributed by atoms with Crippen LogP contribution in [0.3, 0.4) is 0 Å². The summed E-state index contributed by atoms with van der Waals surface area (Å²) in [7, 11) is 0. The Morgan fingerprint density at radius 2 is 1.69 bits per heavy atom. The van der Waals surface area contributed by atoms with Crippen LogP contribution in [0.2, 0.25) is 0 Å². The predicted octanol–water partition coefficient (Wildman–Crippen LogP) is 3.83. The molecule has 1 aromatic rings. The highest BCUT2D eigenvalue weighted by Gasteiger charge is 2.31. The molecule has 0 spiro atoms. The van der Waals surface area contributed by atoms with Gasteiger partial charge in [0.25, 0.3) is 0 Å². The SMILES string of the molecule is Cc1ccccc1C1(C)CCCC1. The Labute approximate surface area is 81.0 Å². The van der Waals surface area contributed by atoms with E-state index in [1.165, 1.54) is 31.2 Å². The molecule has 0 heteroatoms. The summed E-state index contributed by atoms with van der Waals surface area (Å²) in [5.74, 6) is 0. The largest absolute Gasteiger partial charge is 0.0620 e. The summed E-state index contributed by atoms with van der Waals surface area (Å²) in [5.41, 5.74) is 3.52. The van der Waals surface area contributed by atoms with Gasteiger partial charge in [0.1, 0.15) is 0 Å². The van der Waals surface area contributed by atoms with Crippen molar-refractivity contribution in [2.75, 3.05) is 0 Å². The van der Waals surface area contributed by atoms with Crippen molar-refractivity contribution in [3.8, 4) is 0 Å². The average molecular weight is 174 g/mol. The van der Waals surface area contributed by atoms with Crippen LogP contribution in [0.15, 0.2) is 24.3 Å². The van der Waals surface area contributed by atoms with Crippen LogP contribution in [0.4, 0.5) is 0 Å². The first-order chi connectivity index (χ1) is 6.22. The van der Waals surface area contributed by atoms with Crippen LogP contribution in [-0.4, -0.2) is 0 Å². The number of hydrogen-bond donors (Lipinski definition) is 0. The van der Waals surface area contributed by atoms with E-state index in [2.05, 4.69) is 38.1 Å². The van der Waals surface area contributed by atoms with Crippen molar-refractivity contribution in [2.45, 2.75) is 44.9 Å². The number of aryl methyl sites for hydroxylation is 1. The second kappa shape index (κ2) is 3.17. The molecule has 2 rings (SSSR count). The highest BCUT2D eigenvalue weighted by atomic mass is 14.4. The number of benzene rings is 1. The zero-order chi connectivity index (χ0) is 9.31. The van der Waals surface area contributed by atoms with Gasteiger partial charge >= 0.3 is 0 Å². The highest BCUT2D eigenvalue weighted by Crippen LogP contribution is 2.41. The zero-order valence-corrected chi connectivity index (χ0v) is 8.64. The summed E-state index contributed by atoms with van der Waals surface area (Å²) < 4.78 is 0. The van der Waals surface area contributed by atoms with E-state index >= 15 is 0 Å². The minimum atomic E-state index is 0.478. The van der Waals surface area contributed by atoms with E-state index in [4.69, 9.17) is 0 Å². The molecule has 0 unspecified atom stereocenters. The van der Waals surface area contributed by atoms with Gasteiger partial charge in [-0.1, -0.05) is 44.0 Å². The molecule has 0 heterocycles. The first-order valence-corrected chi connectivity index (χ1v) is 5.28. The lowest BCUT2D eigenvalue weighted by atomic mass is 9.79. The van der Waals surface area contributed by atoms with Gasteiger partial charge in [-0.3, -0.25) is 0 Å². The Morgan fingerprint density at radius 3 is 2.31 bits per heavy atom.